The number of carbonyl (C=O) groups excluding carboxylic acids is 2. The van der Waals surface area contributed by atoms with E-state index in [0.29, 0.717) is 27.9 Å². The molecule has 1 aliphatic rings. The van der Waals surface area contributed by atoms with Gasteiger partial charge < -0.3 is 5.32 Å². The minimum atomic E-state index is -0.132. The highest BCUT2D eigenvalue weighted by Gasteiger charge is 2.31. The Balaban J connectivity index is 1.88. The largest absolute Gasteiger partial charge is 0.355 e. The van der Waals surface area contributed by atoms with Crippen LogP contribution in [0.1, 0.15) is 37.4 Å². The van der Waals surface area contributed by atoms with E-state index in [4.69, 9.17) is 0 Å². The molecule has 0 aromatic heterocycles. The number of fused-ring (bicyclic) bond motifs is 2. The molecular formula is C21H14BrNO2. The second-order valence-corrected chi connectivity index (χ2v) is 6.99. The second-order valence-electron chi connectivity index (χ2n) is 6.07. The molecule has 1 N–H and O–H groups in total. The molecule has 0 saturated carbocycles. The molecule has 0 radical (unpaired) electrons. The normalized spacial score (nSPS) is 12.6. The van der Waals surface area contributed by atoms with Gasteiger partial charge in [0.2, 0.25) is 0 Å². The van der Waals surface area contributed by atoms with Crippen molar-refractivity contribution in [2.75, 3.05) is 5.32 Å². The smallest absolute Gasteiger partial charge is 0.196 e. The van der Waals surface area contributed by atoms with E-state index in [1.807, 2.05) is 37.3 Å². The molecule has 0 bridgehead atoms. The summed E-state index contributed by atoms with van der Waals surface area (Å²) in [4.78, 5) is 25.9. The van der Waals surface area contributed by atoms with Crippen molar-refractivity contribution in [1.29, 1.82) is 0 Å². The Morgan fingerprint density at radius 1 is 0.800 bits per heavy atom. The van der Waals surface area contributed by atoms with Crippen molar-refractivity contribution in [1.82, 2.24) is 0 Å². The van der Waals surface area contributed by atoms with Crippen LogP contribution in [0.15, 0.2) is 65.1 Å². The van der Waals surface area contributed by atoms with Crippen LogP contribution in [-0.4, -0.2) is 11.6 Å². The molecule has 122 valence electrons. The van der Waals surface area contributed by atoms with E-state index < -0.39 is 0 Å². The van der Waals surface area contributed by atoms with Crippen LogP contribution in [0.2, 0.25) is 0 Å². The highest BCUT2D eigenvalue weighted by Crippen LogP contribution is 2.35. The summed E-state index contributed by atoms with van der Waals surface area (Å²) in [6.07, 6.45) is 0. The first kappa shape index (κ1) is 15.8. The standard InChI is InChI=1S/C21H14BrNO2/c1-12-6-8-14(9-7-12)23-18-11-13(22)10-17-19(18)21(25)16-5-3-2-4-15(16)20(17)24/h2-11,23H,1H3. The van der Waals surface area contributed by atoms with Crippen molar-refractivity contribution >= 4 is 38.9 Å². The Morgan fingerprint density at radius 2 is 1.44 bits per heavy atom. The number of benzene rings is 3. The summed E-state index contributed by atoms with van der Waals surface area (Å²) in [6.45, 7) is 2.02. The maximum atomic E-state index is 13.0. The maximum absolute atomic E-state index is 13.0. The number of ketones is 2. The van der Waals surface area contributed by atoms with Gasteiger partial charge in [-0.15, -0.1) is 0 Å². The van der Waals surface area contributed by atoms with Crippen LogP contribution in [0.4, 0.5) is 11.4 Å². The summed E-state index contributed by atoms with van der Waals surface area (Å²) in [5.74, 6) is -0.259. The predicted molar refractivity (Wildman–Crippen MR) is 102 cm³/mol. The van der Waals surface area contributed by atoms with Crippen molar-refractivity contribution in [3.63, 3.8) is 0 Å². The van der Waals surface area contributed by atoms with E-state index in [1.165, 1.54) is 0 Å². The molecule has 25 heavy (non-hydrogen) atoms. The minimum absolute atomic E-state index is 0.126. The molecule has 0 atom stereocenters. The molecule has 0 aliphatic heterocycles. The molecule has 0 unspecified atom stereocenters. The van der Waals surface area contributed by atoms with Crippen molar-refractivity contribution in [2.45, 2.75) is 6.92 Å². The highest BCUT2D eigenvalue weighted by molar-refractivity contribution is 9.10. The minimum Gasteiger partial charge on any atom is -0.355 e. The van der Waals surface area contributed by atoms with Gasteiger partial charge in [-0.2, -0.15) is 0 Å². The number of hydrogen-bond donors (Lipinski definition) is 1. The average molecular weight is 392 g/mol. The Hall–Kier alpha value is -2.72. The summed E-state index contributed by atoms with van der Waals surface area (Å²) < 4.78 is 0.751. The number of anilines is 2. The van der Waals surface area contributed by atoms with Gasteiger partial charge >= 0.3 is 0 Å². The van der Waals surface area contributed by atoms with Gasteiger partial charge in [-0.25, -0.2) is 0 Å². The van der Waals surface area contributed by atoms with Crippen molar-refractivity contribution in [3.05, 3.63) is 93.0 Å². The third-order valence-corrected chi connectivity index (χ3v) is 4.78. The first-order valence-corrected chi connectivity index (χ1v) is 8.69. The molecule has 0 fully saturated rings. The van der Waals surface area contributed by atoms with E-state index in [9.17, 15) is 9.59 Å². The van der Waals surface area contributed by atoms with Gasteiger partial charge in [-0.1, -0.05) is 57.9 Å². The molecule has 3 aromatic carbocycles. The number of hydrogen-bond acceptors (Lipinski definition) is 3. The monoisotopic (exact) mass is 391 g/mol. The number of carbonyl (C=O) groups is 2. The van der Waals surface area contributed by atoms with Crippen LogP contribution in [0.3, 0.4) is 0 Å². The molecule has 4 rings (SSSR count). The van der Waals surface area contributed by atoms with Crippen LogP contribution in [0, 0.1) is 6.92 Å². The van der Waals surface area contributed by atoms with Crippen molar-refractivity contribution in [3.8, 4) is 0 Å². The topological polar surface area (TPSA) is 46.2 Å². The summed E-state index contributed by atoms with van der Waals surface area (Å²) in [5.41, 5.74) is 4.40. The quantitative estimate of drug-likeness (QED) is 0.505. The van der Waals surface area contributed by atoms with Crippen LogP contribution >= 0.6 is 15.9 Å². The van der Waals surface area contributed by atoms with Gasteiger partial charge in [-0.3, -0.25) is 9.59 Å². The summed E-state index contributed by atoms with van der Waals surface area (Å²) in [5, 5.41) is 3.28. The van der Waals surface area contributed by atoms with E-state index in [0.717, 1.165) is 15.7 Å². The van der Waals surface area contributed by atoms with E-state index in [-0.39, 0.29) is 11.6 Å². The van der Waals surface area contributed by atoms with Crippen LogP contribution in [0.25, 0.3) is 0 Å². The summed E-state index contributed by atoms with van der Waals surface area (Å²) in [6, 6.07) is 18.4. The molecule has 0 heterocycles. The Bertz CT molecular complexity index is 1020. The molecular weight excluding hydrogens is 378 g/mol. The number of rotatable bonds is 2. The van der Waals surface area contributed by atoms with E-state index >= 15 is 0 Å². The summed E-state index contributed by atoms with van der Waals surface area (Å²) in [7, 11) is 0. The molecule has 0 amide bonds. The Morgan fingerprint density at radius 3 is 2.12 bits per heavy atom. The molecule has 0 spiro atoms. The van der Waals surface area contributed by atoms with Gasteiger partial charge in [0.1, 0.15) is 0 Å². The maximum Gasteiger partial charge on any atom is 0.196 e. The number of nitrogens with one attached hydrogen (secondary N) is 1. The molecule has 4 heteroatoms. The zero-order valence-electron chi connectivity index (χ0n) is 13.5. The second kappa shape index (κ2) is 5.97. The van der Waals surface area contributed by atoms with Crippen LogP contribution < -0.4 is 5.32 Å². The first-order chi connectivity index (χ1) is 12.0. The zero-order chi connectivity index (χ0) is 17.6. The average Bonchev–Trinajstić information content (AvgIpc) is 2.61. The fourth-order valence-corrected chi connectivity index (χ4v) is 3.54. The fourth-order valence-electron chi connectivity index (χ4n) is 3.08. The van der Waals surface area contributed by atoms with Gasteiger partial charge in [0.25, 0.3) is 0 Å². The fraction of sp³-hybridized carbons (Fsp3) is 0.0476. The molecule has 3 nitrogen and oxygen atoms in total. The lowest BCUT2D eigenvalue weighted by molar-refractivity contribution is 0.0979. The predicted octanol–water partition coefficient (Wildman–Crippen LogP) is 5.28. The lowest BCUT2D eigenvalue weighted by Gasteiger charge is -2.21. The van der Waals surface area contributed by atoms with Crippen molar-refractivity contribution in [2.24, 2.45) is 0 Å². The number of aryl methyl sites for hydroxylation is 1. The van der Waals surface area contributed by atoms with Gasteiger partial charge in [0, 0.05) is 26.9 Å². The van der Waals surface area contributed by atoms with Gasteiger partial charge in [0.15, 0.2) is 11.6 Å². The summed E-state index contributed by atoms with van der Waals surface area (Å²) >= 11 is 3.45. The third-order valence-electron chi connectivity index (χ3n) is 4.32. The lowest BCUT2D eigenvalue weighted by atomic mass is 9.83. The number of halogens is 1. The van der Waals surface area contributed by atoms with Gasteiger partial charge in [0.05, 0.1) is 11.3 Å². The highest BCUT2D eigenvalue weighted by atomic mass is 79.9. The van der Waals surface area contributed by atoms with Gasteiger partial charge in [-0.05, 0) is 31.2 Å². The van der Waals surface area contributed by atoms with Crippen molar-refractivity contribution < 1.29 is 9.59 Å². The Kier molecular flexibility index (Phi) is 3.77. The lowest BCUT2D eigenvalue weighted by Crippen LogP contribution is -2.22. The zero-order valence-corrected chi connectivity index (χ0v) is 15.1. The Labute approximate surface area is 153 Å². The van der Waals surface area contributed by atoms with E-state index in [2.05, 4.69) is 21.2 Å². The first-order valence-electron chi connectivity index (χ1n) is 7.90. The van der Waals surface area contributed by atoms with Crippen LogP contribution in [0.5, 0.6) is 0 Å². The molecule has 1 aliphatic carbocycles. The van der Waals surface area contributed by atoms with Crippen LogP contribution in [-0.2, 0) is 0 Å². The van der Waals surface area contributed by atoms with E-state index in [1.54, 1.807) is 30.3 Å². The third kappa shape index (κ3) is 2.68. The molecule has 3 aromatic rings. The molecule has 0 saturated heterocycles. The SMILES string of the molecule is Cc1ccc(Nc2cc(Br)cc3c2C(=O)c2ccccc2C3=O)cc1.